The maximum atomic E-state index is 13.6. The Morgan fingerprint density at radius 3 is 2.58 bits per heavy atom. The first-order valence-corrected chi connectivity index (χ1v) is 6.57. The maximum Gasteiger partial charge on any atom is 0.130 e. The second-order valence-electron chi connectivity index (χ2n) is 5.64. The first-order chi connectivity index (χ1) is 8.79. The van der Waals surface area contributed by atoms with Gasteiger partial charge in [-0.05, 0) is 24.6 Å². The number of nitrogens with one attached hydrogen (secondary N) is 1. The Morgan fingerprint density at radius 1 is 1.26 bits per heavy atom. The van der Waals surface area contributed by atoms with Gasteiger partial charge in [0.25, 0.3) is 0 Å². The highest BCUT2D eigenvalue weighted by Crippen LogP contribution is 2.26. The summed E-state index contributed by atoms with van der Waals surface area (Å²) in [5, 5.41) is 0. The molecule has 0 saturated carbocycles. The third-order valence-corrected chi connectivity index (χ3v) is 3.22. The van der Waals surface area contributed by atoms with Crippen LogP contribution in [0.15, 0.2) is 24.3 Å². The molecule has 1 heterocycles. The summed E-state index contributed by atoms with van der Waals surface area (Å²) in [6.07, 6.45) is 0. The summed E-state index contributed by atoms with van der Waals surface area (Å²) in [6.45, 7) is 7.94. The van der Waals surface area contributed by atoms with E-state index in [-0.39, 0.29) is 11.2 Å². The van der Waals surface area contributed by atoms with Crippen molar-refractivity contribution in [1.82, 2.24) is 9.97 Å². The van der Waals surface area contributed by atoms with Gasteiger partial charge in [-0.25, -0.2) is 9.37 Å². The molecule has 2 nitrogen and oxygen atoms in total. The van der Waals surface area contributed by atoms with Crippen LogP contribution in [0.5, 0.6) is 0 Å². The molecule has 0 aliphatic heterocycles. The lowest BCUT2D eigenvalue weighted by molar-refractivity contribution is 0.545. The molecule has 0 aliphatic carbocycles. The molecule has 1 N–H and O–H groups in total. The zero-order chi connectivity index (χ0) is 14.2. The summed E-state index contributed by atoms with van der Waals surface area (Å²) >= 11 is 5.21. The Balaban J connectivity index is 2.67. The van der Waals surface area contributed by atoms with Gasteiger partial charge in [0.1, 0.15) is 16.3 Å². The number of aromatic nitrogens is 2. The molecule has 2 rings (SSSR count). The molecule has 0 aliphatic rings. The first kappa shape index (κ1) is 13.9. The van der Waals surface area contributed by atoms with Crippen molar-refractivity contribution in [2.75, 3.05) is 0 Å². The minimum Gasteiger partial charge on any atom is -0.343 e. The quantitative estimate of drug-likeness (QED) is 0.774. The Labute approximate surface area is 117 Å². The lowest BCUT2D eigenvalue weighted by Crippen LogP contribution is -2.16. The van der Waals surface area contributed by atoms with E-state index in [1.807, 2.05) is 6.07 Å². The fourth-order valence-corrected chi connectivity index (χ4v) is 2.07. The van der Waals surface area contributed by atoms with E-state index in [1.54, 1.807) is 19.1 Å². The number of hydrogen-bond acceptors (Lipinski definition) is 2. The number of aromatic amines is 1. The van der Waals surface area contributed by atoms with Gasteiger partial charge >= 0.3 is 0 Å². The molecule has 19 heavy (non-hydrogen) atoms. The van der Waals surface area contributed by atoms with Gasteiger partial charge in [0.15, 0.2) is 0 Å². The van der Waals surface area contributed by atoms with Gasteiger partial charge in [0.05, 0.1) is 5.69 Å². The predicted octanol–water partition coefficient (Wildman–Crippen LogP) is 4.55. The van der Waals surface area contributed by atoms with Gasteiger partial charge in [-0.3, -0.25) is 0 Å². The maximum absolute atomic E-state index is 13.6. The number of hydrogen-bond donors (Lipinski definition) is 1. The normalized spacial score (nSPS) is 11.6. The van der Waals surface area contributed by atoms with Crippen LogP contribution in [0.2, 0.25) is 0 Å². The van der Waals surface area contributed by atoms with Gasteiger partial charge in [0.2, 0.25) is 0 Å². The van der Waals surface area contributed by atoms with Crippen LogP contribution in [-0.4, -0.2) is 9.97 Å². The van der Waals surface area contributed by atoms with Crippen LogP contribution >= 0.6 is 12.2 Å². The van der Waals surface area contributed by atoms with Crippen LogP contribution in [0.4, 0.5) is 4.39 Å². The molecule has 0 radical (unpaired) electrons. The molecule has 0 bridgehead atoms. The lowest BCUT2D eigenvalue weighted by Gasteiger charge is -2.19. The lowest BCUT2D eigenvalue weighted by atomic mass is 9.95. The molecule has 0 spiro atoms. The fraction of sp³-hybridized carbons (Fsp3) is 0.333. The average molecular weight is 276 g/mol. The highest BCUT2D eigenvalue weighted by Gasteiger charge is 2.17. The molecule has 0 saturated heterocycles. The van der Waals surface area contributed by atoms with E-state index in [9.17, 15) is 4.39 Å². The number of H-pyrrole nitrogens is 1. The van der Waals surface area contributed by atoms with E-state index < -0.39 is 0 Å². The Hall–Kier alpha value is -1.55. The predicted molar refractivity (Wildman–Crippen MR) is 78.3 cm³/mol. The highest BCUT2D eigenvalue weighted by atomic mass is 32.1. The summed E-state index contributed by atoms with van der Waals surface area (Å²) in [5.41, 5.74) is 2.10. The Morgan fingerprint density at radius 2 is 1.95 bits per heavy atom. The third-order valence-electron chi connectivity index (χ3n) is 3.01. The molecule has 0 fully saturated rings. The average Bonchev–Trinajstić information content (AvgIpc) is 2.31. The van der Waals surface area contributed by atoms with Crippen molar-refractivity contribution in [3.8, 4) is 11.3 Å². The van der Waals surface area contributed by atoms with E-state index in [0.29, 0.717) is 10.2 Å². The molecule has 0 unspecified atom stereocenters. The van der Waals surface area contributed by atoms with Crippen molar-refractivity contribution in [1.29, 1.82) is 0 Å². The van der Waals surface area contributed by atoms with E-state index in [2.05, 4.69) is 30.7 Å². The summed E-state index contributed by atoms with van der Waals surface area (Å²) in [6, 6.07) is 6.81. The fourth-order valence-electron chi connectivity index (χ4n) is 1.86. The third kappa shape index (κ3) is 2.89. The van der Waals surface area contributed by atoms with Gasteiger partial charge in [-0.15, -0.1) is 0 Å². The first-order valence-electron chi connectivity index (χ1n) is 6.16. The van der Waals surface area contributed by atoms with Crippen molar-refractivity contribution >= 4 is 12.2 Å². The summed E-state index contributed by atoms with van der Waals surface area (Å²) in [7, 11) is 0. The van der Waals surface area contributed by atoms with Crippen LogP contribution in [0, 0.1) is 17.4 Å². The van der Waals surface area contributed by atoms with Gasteiger partial charge < -0.3 is 4.98 Å². The van der Waals surface area contributed by atoms with Crippen molar-refractivity contribution in [2.24, 2.45) is 0 Å². The number of halogens is 1. The van der Waals surface area contributed by atoms with Crippen molar-refractivity contribution < 1.29 is 4.39 Å². The van der Waals surface area contributed by atoms with E-state index in [0.717, 1.165) is 17.1 Å². The second-order valence-corrected chi connectivity index (χ2v) is 6.06. The Bertz CT molecular complexity index is 669. The standard InChI is InChI=1S/C15H17FN2S/c1-9-10(6-5-7-11(9)16)12-8-13(19)18-14(17-12)15(2,3)4/h5-8H,1-4H3,(H,17,18,19). The SMILES string of the molecule is Cc1c(F)cccc1-c1cc(=S)nc(C(C)(C)C)[nH]1. The number of rotatable bonds is 1. The monoisotopic (exact) mass is 276 g/mol. The summed E-state index contributed by atoms with van der Waals surface area (Å²) < 4.78 is 14.2. The molecule has 4 heteroatoms. The molecular weight excluding hydrogens is 259 g/mol. The van der Waals surface area contributed by atoms with Gasteiger partial charge in [0, 0.05) is 11.0 Å². The molecule has 100 valence electrons. The Kier molecular flexibility index (Phi) is 3.54. The molecule has 2 aromatic rings. The van der Waals surface area contributed by atoms with Crippen LogP contribution in [-0.2, 0) is 5.41 Å². The topological polar surface area (TPSA) is 28.7 Å². The van der Waals surface area contributed by atoms with E-state index in [4.69, 9.17) is 12.2 Å². The zero-order valence-electron chi connectivity index (χ0n) is 11.5. The van der Waals surface area contributed by atoms with Crippen molar-refractivity contribution in [3.63, 3.8) is 0 Å². The smallest absolute Gasteiger partial charge is 0.130 e. The van der Waals surface area contributed by atoms with Gasteiger partial charge in [-0.1, -0.05) is 45.1 Å². The van der Waals surface area contributed by atoms with Gasteiger partial charge in [-0.2, -0.15) is 0 Å². The van der Waals surface area contributed by atoms with Crippen LogP contribution < -0.4 is 0 Å². The van der Waals surface area contributed by atoms with E-state index >= 15 is 0 Å². The molecule has 1 aromatic heterocycles. The zero-order valence-corrected chi connectivity index (χ0v) is 12.4. The van der Waals surface area contributed by atoms with Crippen LogP contribution in [0.1, 0.15) is 32.2 Å². The van der Waals surface area contributed by atoms with E-state index in [1.165, 1.54) is 6.07 Å². The van der Waals surface area contributed by atoms with Crippen molar-refractivity contribution in [3.05, 3.63) is 46.1 Å². The minimum absolute atomic E-state index is 0.134. The molecule has 1 aromatic carbocycles. The van der Waals surface area contributed by atoms with Crippen molar-refractivity contribution in [2.45, 2.75) is 33.1 Å². The molecular formula is C15H17FN2S. The highest BCUT2D eigenvalue weighted by molar-refractivity contribution is 7.71. The largest absolute Gasteiger partial charge is 0.343 e. The second kappa shape index (κ2) is 4.85. The number of nitrogens with zero attached hydrogens (tertiary/aromatic N) is 1. The molecule has 0 atom stereocenters. The summed E-state index contributed by atoms with van der Waals surface area (Å²) in [5.74, 6) is 0.588. The van der Waals surface area contributed by atoms with Crippen LogP contribution in [0.25, 0.3) is 11.3 Å². The number of benzene rings is 1. The van der Waals surface area contributed by atoms with Crippen LogP contribution in [0.3, 0.4) is 0 Å². The minimum atomic E-state index is -0.217. The summed E-state index contributed by atoms with van der Waals surface area (Å²) in [4.78, 5) is 7.61. The molecule has 0 amide bonds.